The van der Waals surface area contributed by atoms with Crippen molar-refractivity contribution < 1.29 is 12.8 Å². The molecule has 3 aromatic rings. The summed E-state index contributed by atoms with van der Waals surface area (Å²) in [5, 5.41) is 0.516. The molecule has 0 fully saturated rings. The van der Waals surface area contributed by atoms with Gasteiger partial charge in [-0.25, -0.2) is 12.8 Å². The van der Waals surface area contributed by atoms with Crippen LogP contribution in [0.5, 0.6) is 0 Å². The fraction of sp³-hybridized carbons (Fsp3) is 0. The normalized spacial score (nSPS) is 11.6. The maximum Gasteiger partial charge on any atom is 0.269 e. The highest BCUT2D eigenvalue weighted by atomic mass is 79.9. The molecule has 1 aromatic heterocycles. The Bertz CT molecular complexity index is 1160. The second-order valence-corrected chi connectivity index (χ2v) is 8.57. The molecule has 10 heteroatoms. The largest absolute Gasteiger partial charge is 0.396 e. The van der Waals surface area contributed by atoms with Crippen LogP contribution < -0.4 is 16.0 Å². The highest BCUT2D eigenvalue weighted by molar-refractivity contribution is 9.11. The zero-order valence-corrected chi connectivity index (χ0v) is 16.3. The molecule has 0 radical (unpaired) electrons. The van der Waals surface area contributed by atoms with Crippen molar-refractivity contribution in [2.75, 3.05) is 10.5 Å². The lowest BCUT2D eigenvalue weighted by atomic mass is 10.2. The Kier molecular flexibility index (Phi) is 4.60. The molecule has 130 valence electrons. The van der Waals surface area contributed by atoms with E-state index in [1.807, 2.05) is 0 Å². The van der Waals surface area contributed by atoms with Gasteiger partial charge < -0.3 is 10.7 Å². The number of nitrogen functional groups attached to an aromatic ring is 1. The first-order valence-electron chi connectivity index (χ1n) is 6.77. The fourth-order valence-corrected chi connectivity index (χ4v) is 4.69. The van der Waals surface area contributed by atoms with Gasteiger partial charge in [0.2, 0.25) is 0 Å². The molecule has 0 saturated carbocycles. The predicted octanol–water partition coefficient (Wildman–Crippen LogP) is 3.58. The van der Waals surface area contributed by atoms with Gasteiger partial charge in [0.25, 0.3) is 15.6 Å². The molecule has 0 aliphatic heterocycles. The maximum absolute atomic E-state index is 13.2. The molecule has 0 atom stereocenters. The zero-order valence-electron chi connectivity index (χ0n) is 12.3. The smallest absolute Gasteiger partial charge is 0.269 e. The number of aromatic amines is 1. The molecule has 4 N–H and O–H groups in total. The summed E-state index contributed by atoms with van der Waals surface area (Å²) < 4.78 is 41.9. The van der Waals surface area contributed by atoms with Crippen LogP contribution in [0.2, 0.25) is 0 Å². The average molecular weight is 491 g/mol. The number of aromatic nitrogens is 1. The summed E-state index contributed by atoms with van der Waals surface area (Å²) in [6, 6.07) is 8.03. The van der Waals surface area contributed by atoms with Gasteiger partial charge in [-0.15, -0.1) is 0 Å². The minimum absolute atomic E-state index is 0.0493. The third kappa shape index (κ3) is 3.55. The minimum Gasteiger partial charge on any atom is -0.396 e. The van der Waals surface area contributed by atoms with Crippen LogP contribution in [0.25, 0.3) is 10.9 Å². The molecule has 1 heterocycles. The van der Waals surface area contributed by atoms with E-state index < -0.39 is 26.3 Å². The Balaban J connectivity index is 2.12. The van der Waals surface area contributed by atoms with Gasteiger partial charge in [-0.05, 0) is 36.4 Å². The summed E-state index contributed by atoms with van der Waals surface area (Å²) in [7, 11) is -4.20. The highest BCUT2D eigenvalue weighted by Crippen LogP contribution is 2.28. The summed E-state index contributed by atoms with van der Waals surface area (Å²) in [5.74, 6) is -0.666. The minimum atomic E-state index is -4.20. The number of halogens is 3. The van der Waals surface area contributed by atoms with E-state index in [0.29, 0.717) is 15.4 Å². The number of fused-ring (bicyclic) bond motifs is 1. The van der Waals surface area contributed by atoms with E-state index >= 15 is 0 Å². The SMILES string of the molecule is Nc1cc(NS(=O)(=O)c2cc3c(Br)cc(Br)cc3[nH]c2=O)ccc1F. The van der Waals surface area contributed by atoms with Crippen LogP contribution in [0.1, 0.15) is 0 Å². The van der Waals surface area contributed by atoms with E-state index in [2.05, 4.69) is 41.6 Å². The number of pyridine rings is 1. The highest BCUT2D eigenvalue weighted by Gasteiger charge is 2.20. The molecule has 6 nitrogen and oxygen atoms in total. The molecule has 0 spiro atoms. The van der Waals surface area contributed by atoms with Gasteiger partial charge in [0, 0.05) is 14.3 Å². The van der Waals surface area contributed by atoms with Crippen molar-refractivity contribution in [1.82, 2.24) is 4.98 Å². The Morgan fingerprint density at radius 3 is 2.52 bits per heavy atom. The van der Waals surface area contributed by atoms with Crippen molar-refractivity contribution in [2.45, 2.75) is 4.90 Å². The van der Waals surface area contributed by atoms with Crippen molar-refractivity contribution in [3.05, 3.63) is 61.5 Å². The van der Waals surface area contributed by atoms with E-state index in [9.17, 15) is 17.6 Å². The number of H-pyrrole nitrogens is 1. The van der Waals surface area contributed by atoms with Crippen LogP contribution in [0, 0.1) is 5.82 Å². The van der Waals surface area contributed by atoms with Crippen LogP contribution in [0.4, 0.5) is 15.8 Å². The van der Waals surface area contributed by atoms with Crippen LogP contribution in [-0.4, -0.2) is 13.4 Å². The molecule has 0 saturated heterocycles. The number of nitrogens with one attached hydrogen (secondary N) is 2. The van der Waals surface area contributed by atoms with Crippen molar-refractivity contribution in [2.24, 2.45) is 0 Å². The maximum atomic E-state index is 13.2. The number of hydrogen-bond acceptors (Lipinski definition) is 4. The second-order valence-electron chi connectivity index (χ2n) is 5.15. The molecule has 0 aliphatic carbocycles. The van der Waals surface area contributed by atoms with Crippen LogP contribution in [0.3, 0.4) is 0 Å². The van der Waals surface area contributed by atoms with Gasteiger partial charge in [0.15, 0.2) is 4.90 Å². The van der Waals surface area contributed by atoms with Crippen LogP contribution >= 0.6 is 31.9 Å². The van der Waals surface area contributed by atoms with Crippen LogP contribution in [0.15, 0.2) is 55.0 Å². The van der Waals surface area contributed by atoms with Gasteiger partial charge in [-0.1, -0.05) is 31.9 Å². The Labute approximate surface area is 158 Å². The summed E-state index contributed by atoms with van der Waals surface area (Å²) in [5.41, 5.74) is 4.96. The van der Waals surface area contributed by atoms with Gasteiger partial charge >= 0.3 is 0 Å². The first-order valence-corrected chi connectivity index (χ1v) is 9.84. The van der Waals surface area contributed by atoms with Gasteiger partial charge in [-0.3, -0.25) is 9.52 Å². The zero-order chi connectivity index (χ0) is 18.4. The molecule has 0 aliphatic rings. The van der Waals surface area contributed by atoms with Gasteiger partial charge in [0.05, 0.1) is 16.9 Å². The summed E-state index contributed by atoms with van der Waals surface area (Å²) in [6.45, 7) is 0. The van der Waals surface area contributed by atoms with Crippen molar-refractivity contribution in [3.63, 3.8) is 0 Å². The number of benzene rings is 2. The predicted molar refractivity (Wildman–Crippen MR) is 102 cm³/mol. The summed E-state index contributed by atoms with van der Waals surface area (Å²) in [6.07, 6.45) is 0. The number of nitrogens with two attached hydrogens (primary N) is 1. The van der Waals surface area contributed by atoms with Crippen molar-refractivity contribution in [3.8, 4) is 0 Å². The first-order chi connectivity index (χ1) is 11.7. The summed E-state index contributed by atoms with van der Waals surface area (Å²) in [4.78, 5) is 14.3. The third-order valence-electron chi connectivity index (χ3n) is 3.38. The second kappa shape index (κ2) is 6.43. The Hall–Kier alpha value is -1.91. The third-order valence-corrected chi connectivity index (χ3v) is 5.88. The molecule has 0 unspecified atom stereocenters. The molecule has 2 aromatic carbocycles. The van der Waals surface area contributed by atoms with Crippen LogP contribution in [-0.2, 0) is 10.0 Å². The quantitative estimate of drug-likeness (QED) is 0.488. The standard InChI is InChI=1S/C15H10Br2FN3O3S/c16-7-3-10(17)9-6-14(15(22)20-13(9)4-7)25(23,24)21-8-1-2-11(18)12(19)5-8/h1-6,21H,19H2,(H,20,22). The lowest BCUT2D eigenvalue weighted by Gasteiger charge is -2.10. The molecule has 0 bridgehead atoms. The number of hydrogen-bond donors (Lipinski definition) is 3. The van der Waals surface area contributed by atoms with E-state index in [4.69, 9.17) is 5.73 Å². The average Bonchev–Trinajstić information content (AvgIpc) is 2.49. The Morgan fingerprint density at radius 1 is 1.12 bits per heavy atom. The number of sulfonamides is 1. The fourth-order valence-electron chi connectivity index (χ4n) is 2.23. The van der Waals surface area contributed by atoms with Crippen molar-refractivity contribution in [1.29, 1.82) is 0 Å². The molecule has 25 heavy (non-hydrogen) atoms. The molecule has 3 rings (SSSR count). The molecular weight excluding hydrogens is 481 g/mol. The lowest BCUT2D eigenvalue weighted by molar-refractivity contribution is 0.600. The van der Waals surface area contributed by atoms with Gasteiger partial charge in [0.1, 0.15) is 5.82 Å². The number of rotatable bonds is 3. The van der Waals surface area contributed by atoms with E-state index in [1.54, 1.807) is 12.1 Å². The first kappa shape index (κ1) is 17.9. The van der Waals surface area contributed by atoms with Gasteiger partial charge in [-0.2, -0.15) is 0 Å². The Morgan fingerprint density at radius 2 is 1.84 bits per heavy atom. The van der Waals surface area contributed by atoms with E-state index in [0.717, 1.165) is 16.6 Å². The molecule has 0 amide bonds. The summed E-state index contributed by atoms with van der Waals surface area (Å²) >= 11 is 6.63. The lowest BCUT2D eigenvalue weighted by Crippen LogP contribution is -2.23. The number of anilines is 2. The topological polar surface area (TPSA) is 105 Å². The molecular formula is C15H10Br2FN3O3S. The van der Waals surface area contributed by atoms with E-state index in [1.165, 1.54) is 12.1 Å². The monoisotopic (exact) mass is 489 g/mol. The van der Waals surface area contributed by atoms with Crippen molar-refractivity contribution >= 4 is 64.2 Å². The van der Waals surface area contributed by atoms with E-state index in [-0.39, 0.29) is 11.4 Å².